The van der Waals surface area contributed by atoms with E-state index in [0.717, 1.165) is 11.1 Å². The van der Waals surface area contributed by atoms with Crippen LogP contribution in [0.15, 0.2) is 49.0 Å². The Morgan fingerprint density at radius 2 is 1.86 bits per heavy atom. The lowest BCUT2D eigenvalue weighted by atomic mass is 10.00. The lowest BCUT2D eigenvalue weighted by Gasteiger charge is -2.34. The van der Waals surface area contributed by atoms with E-state index >= 15 is 0 Å². The fraction of sp³-hybridized carbons (Fsp3) is 0.393. The van der Waals surface area contributed by atoms with Crippen LogP contribution >= 0.6 is 24.2 Å². The molecule has 0 radical (unpaired) electrons. The molecule has 2 atom stereocenters. The largest absolute Gasteiger partial charge is 0.444 e. The van der Waals surface area contributed by atoms with Gasteiger partial charge >= 0.3 is 6.09 Å². The zero-order chi connectivity index (χ0) is 27.8. The van der Waals surface area contributed by atoms with Crippen molar-refractivity contribution in [1.29, 1.82) is 0 Å². The van der Waals surface area contributed by atoms with Crippen LogP contribution in [0, 0.1) is 6.92 Å². The van der Waals surface area contributed by atoms with Gasteiger partial charge in [0.05, 0.1) is 10.7 Å². The molecule has 9 heteroatoms. The zero-order valence-corrected chi connectivity index (χ0v) is 23.7. The summed E-state index contributed by atoms with van der Waals surface area (Å²) in [6, 6.07) is 10.6. The monoisotopic (exact) mass is 545 g/mol. The van der Waals surface area contributed by atoms with E-state index in [1.807, 2.05) is 32.0 Å². The highest BCUT2D eigenvalue weighted by Crippen LogP contribution is 2.30. The van der Waals surface area contributed by atoms with Gasteiger partial charge in [0.1, 0.15) is 17.7 Å². The Balaban J connectivity index is 2.52. The van der Waals surface area contributed by atoms with Crippen molar-refractivity contribution in [1.82, 2.24) is 10.2 Å². The summed E-state index contributed by atoms with van der Waals surface area (Å²) < 4.78 is 5.33. The SMILES string of the molecule is C=Cc1cccc(C(C(=O)Nc2c(C)cccc2Cl)N(CCC)C(=O)C(CS)NC(=O)OC(C)(C)C)c1. The van der Waals surface area contributed by atoms with Crippen LogP contribution in [-0.4, -0.2) is 46.7 Å². The number of carbonyl (C=O) groups is 3. The lowest BCUT2D eigenvalue weighted by Crippen LogP contribution is -2.53. The van der Waals surface area contributed by atoms with Gasteiger partial charge in [-0.1, -0.05) is 61.5 Å². The predicted octanol–water partition coefficient (Wildman–Crippen LogP) is 6.03. The summed E-state index contributed by atoms with van der Waals surface area (Å²) in [6.45, 7) is 13.0. The maximum atomic E-state index is 13.8. The van der Waals surface area contributed by atoms with Crippen molar-refractivity contribution in [3.8, 4) is 0 Å². The third-order valence-corrected chi connectivity index (χ3v) is 6.09. The van der Waals surface area contributed by atoms with E-state index in [1.54, 1.807) is 51.1 Å². The van der Waals surface area contributed by atoms with Crippen molar-refractivity contribution in [3.05, 3.63) is 70.8 Å². The molecule has 37 heavy (non-hydrogen) atoms. The number of benzene rings is 2. The van der Waals surface area contributed by atoms with Gasteiger partial charge in [0.15, 0.2) is 0 Å². The molecule has 0 aromatic heterocycles. The number of alkyl carbamates (subject to hydrolysis) is 1. The molecule has 2 unspecified atom stereocenters. The second kappa shape index (κ2) is 13.5. The summed E-state index contributed by atoms with van der Waals surface area (Å²) in [5.41, 5.74) is 1.91. The Morgan fingerprint density at radius 3 is 2.43 bits per heavy atom. The van der Waals surface area contributed by atoms with E-state index in [4.69, 9.17) is 16.3 Å². The normalized spacial score (nSPS) is 12.7. The number of rotatable bonds is 10. The van der Waals surface area contributed by atoms with Gasteiger partial charge in [-0.2, -0.15) is 12.6 Å². The smallest absolute Gasteiger partial charge is 0.408 e. The summed E-state index contributed by atoms with van der Waals surface area (Å²) in [5.74, 6) is -0.875. The minimum absolute atomic E-state index is 0.0168. The van der Waals surface area contributed by atoms with Gasteiger partial charge in [-0.3, -0.25) is 9.59 Å². The molecule has 0 fully saturated rings. The average molecular weight is 546 g/mol. The first-order chi connectivity index (χ1) is 17.4. The van der Waals surface area contributed by atoms with E-state index in [0.29, 0.717) is 22.7 Å². The highest BCUT2D eigenvalue weighted by atomic mass is 35.5. The van der Waals surface area contributed by atoms with Gasteiger partial charge in [0.2, 0.25) is 5.91 Å². The first-order valence-electron chi connectivity index (χ1n) is 12.1. The van der Waals surface area contributed by atoms with Gasteiger partial charge in [-0.15, -0.1) is 0 Å². The third-order valence-electron chi connectivity index (χ3n) is 5.41. The van der Waals surface area contributed by atoms with Crippen LogP contribution in [-0.2, 0) is 14.3 Å². The Labute approximate surface area is 230 Å². The Hall–Kier alpha value is -2.97. The van der Waals surface area contributed by atoms with Crippen LogP contribution in [0.2, 0.25) is 5.02 Å². The molecule has 200 valence electrons. The van der Waals surface area contributed by atoms with Crippen LogP contribution in [0.1, 0.15) is 56.8 Å². The van der Waals surface area contributed by atoms with Crippen LogP contribution in [0.4, 0.5) is 10.5 Å². The zero-order valence-electron chi connectivity index (χ0n) is 22.0. The van der Waals surface area contributed by atoms with Gasteiger partial charge in [0, 0.05) is 12.3 Å². The second-order valence-electron chi connectivity index (χ2n) is 9.61. The maximum Gasteiger partial charge on any atom is 0.408 e. The maximum absolute atomic E-state index is 13.8. The van der Waals surface area contributed by atoms with Crippen LogP contribution in [0.5, 0.6) is 0 Å². The number of carbonyl (C=O) groups excluding carboxylic acids is 3. The highest BCUT2D eigenvalue weighted by Gasteiger charge is 2.36. The number of anilines is 1. The molecule has 3 amide bonds. The standard InChI is InChI=1S/C28H36ClN3O4S/c1-7-15-32(26(34)22(17-37)30-27(35)36-28(4,5)6)24(20-13-10-12-19(8-2)16-20)25(33)31-23-18(3)11-9-14-21(23)29/h8-14,16,22,24,37H,2,7,15,17H2,1,3-6H3,(H,30,35)(H,31,33). The number of thiol groups is 1. The Bertz CT molecular complexity index is 1110. The number of nitrogens with zero attached hydrogens (tertiary/aromatic N) is 1. The molecule has 2 N–H and O–H groups in total. The summed E-state index contributed by atoms with van der Waals surface area (Å²) in [7, 11) is 0. The number of hydrogen-bond donors (Lipinski definition) is 3. The number of ether oxygens (including phenoxy) is 1. The number of hydrogen-bond acceptors (Lipinski definition) is 5. The molecule has 0 saturated heterocycles. The third kappa shape index (κ3) is 8.54. The predicted molar refractivity (Wildman–Crippen MR) is 153 cm³/mol. The summed E-state index contributed by atoms with van der Waals surface area (Å²) in [5, 5.41) is 5.90. The number of para-hydroxylation sites is 1. The summed E-state index contributed by atoms with van der Waals surface area (Å²) in [4.78, 5) is 41.5. The van der Waals surface area contributed by atoms with E-state index in [9.17, 15) is 14.4 Å². The van der Waals surface area contributed by atoms with E-state index < -0.39 is 35.6 Å². The number of nitrogens with one attached hydrogen (secondary N) is 2. The molecular formula is C28H36ClN3O4S. The molecule has 2 aromatic carbocycles. The molecule has 0 heterocycles. The van der Waals surface area contributed by atoms with Crippen molar-refractivity contribution >= 4 is 53.9 Å². The second-order valence-corrected chi connectivity index (χ2v) is 10.4. The van der Waals surface area contributed by atoms with E-state index in [1.165, 1.54) is 4.90 Å². The van der Waals surface area contributed by atoms with E-state index in [2.05, 4.69) is 29.8 Å². The molecule has 0 aliphatic heterocycles. The topological polar surface area (TPSA) is 87.7 Å². The number of aryl methyl sites for hydroxylation is 1. The van der Waals surface area contributed by atoms with Crippen LogP contribution in [0.3, 0.4) is 0 Å². The van der Waals surface area contributed by atoms with Gasteiger partial charge in [-0.25, -0.2) is 4.79 Å². The molecule has 0 saturated carbocycles. The van der Waals surface area contributed by atoms with Gasteiger partial charge < -0.3 is 20.3 Å². The molecule has 0 spiro atoms. The molecule has 2 rings (SSSR count). The number of halogens is 1. The summed E-state index contributed by atoms with van der Waals surface area (Å²) >= 11 is 10.7. The Morgan fingerprint density at radius 1 is 1.19 bits per heavy atom. The first kappa shape index (κ1) is 30.3. The number of amides is 3. The molecule has 0 aliphatic carbocycles. The van der Waals surface area contributed by atoms with Crippen molar-refractivity contribution in [2.45, 2.75) is 58.7 Å². The lowest BCUT2D eigenvalue weighted by molar-refractivity contribution is -0.140. The fourth-order valence-electron chi connectivity index (χ4n) is 3.75. The van der Waals surface area contributed by atoms with Gasteiger partial charge in [-0.05, 0) is 62.9 Å². The molecule has 0 aliphatic rings. The minimum Gasteiger partial charge on any atom is -0.444 e. The van der Waals surface area contributed by atoms with Crippen molar-refractivity contribution in [3.63, 3.8) is 0 Å². The van der Waals surface area contributed by atoms with Crippen molar-refractivity contribution in [2.24, 2.45) is 0 Å². The molecule has 0 bridgehead atoms. The molecule has 2 aromatic rings. The molecular weight excluding hydrogens is 510 g/mol. The quantitative estimate of drug-likeness (QED) is 0.318. The first-order valence-corrected chi connectivity index (χ1v) is 13.1. The average Bonchev–Trinajstić information content (AvgIpc) is 2.83. The Kier molecular flexibility index (Phi) is 11.1. The van der Waals surface area contributed by atoms with Crippen LogP contribution in [0.25, 0.3) is 6.08 Å². The summed E-state index contributed by atoms with van der Waals surface area (Å²) in [6.07, 6.45) is 1.51. The van der Waals surface area contributed by atoms with Crippen molar-refractivity contribution < 1.29 is 19.1 Å². The minimum atomic E-state index is -1.01. The molecule has 7 nitrogen and oxygen atoms in total. The van der Waals surface area contributed by atoms with Gasteiger partial charge in [0.25, 0.3) is 5.91 Å². The highest BCUT2D eigenvalue weighted by molar-refractivity contribution is 7.80. The fourth-order valence-corrected chi connectivity index (χ4v) is 4.27. The van der Waals surface area contributed by atoms with Crippen molar-refractivity contribution in [2.75, 3.05) is 17.6 Å². The van der Waals surface area contributed by atoms with E-state index in [-0.39, 0.29) is 12.3 Å². The van der Waals surface area contributed by atoms with Crippen LogP contribution < -0.4 is 10.6 Å².